The van der Waals surface area contributed by atoms with Crippen LogP contribution in [0.2, 0.25) is 0 Å². The van der Waals surface area contributed by atoms with E-state index in [4.69, 9.17) is 0 Å². The summed E-state index contributed by atoms with van der Waals surface area (Å²) in [4.78, 5) is 8.92. The van der Waals surface area contributed by atoms with E-state index in [0.717, 1.165) is 36.6 Å². The molecule has 0 saturated carbocycles. The highest BCUT2D eigenvalue weighted by molar-refractivity contribution is 5.36. The fourth-order valence-electron chi connectivity index (χ4n) is 3.34. The fraction of sp³-hybridized carbons (Fsp3) is 0.526. The minimum absolute atomic E-state index is 0.714. The number of likely N-dealkylation sites (tertiary alicyclic amines) is 1. The summed E-state index contributed by atoms with van der Waals surface area (Å²) in [6.07, 6.45) is 6.39. The molecule has 1 fully saturated rings. The summed E-state index contributed by atoms with van der Waals surface area (Å²) in [6.45, 7) is 3.29. The van der Waals surface area contributed by atoms with Crippen molar-refractivity contribution in [3.8, 4) is 0 Å². The molecule has 0 N–H and O–H groups in total. The number of hydrogen-bond acceptors (Lipinski definition) is 5. The van der Waals surface area contributed by atoms with E-state index in [2.05, 4.69) is 57.3 Å². The topological polar surface area (TPSA) is 45.2 Å². The molecule has 2 aromatic heterocycles. The molecule has 5 nitrogen and oxygen atoms in total. The van der Waals surface area contributed by atoms with E-state index in [1.54, 1.807) is 0 Å². The fourth-order valence-corrected chi connectivity index (χ4v) is 3.34. The molecule has 0 amide bonds. The first-order valence-corrected chi connectivity index (χ1v) is 8.83. The normalized spacial score (nSPS) is 18.5. The Hall–Kier alpha value is -2.01. The van der Waals surface area contributed by atoms with Gasteiger partial charge < -0.3 is 9.80 Å². The maximum absolute atomic E-state index is 4.45. The third-order valence-electron chi connectivity index (χ3n) is 4.75. The minimum Gasteiger partial charge on any atom is -0.358 e. The Morgan fingerprint density at radius 2 is 2.08 bits per heavy atom. The molecule has 0 spiro atoms. The number of rotatable bonds is 6. The number of pyridine rings is 1. The first-order valence-electron chi connectivity index (χ1n) is 8.83. The number of anilines is 1. The highest BCUT2D eigenvalue weighted by Gasteiger charge is 2.18. The summed E-state index contributed by atoms with van der Waals surface area (Å²) in [5, 5.41) is 8.87. The maximum atomic E-state index is 4.45. The van der Waals surface area contributed by atoms with Gasteiger partial charge in [0.1, 0.15) is 0 Å². The first-order chi connectivity index (χ1) is 11.7. The highest BCUT2D eigenvalue weighted by Crippen LogP contribution is 2.19. The van der Waals surface area contributed by atoms with Crippen molar-refractivity contribution in [1.82, 2.24) is 20.1 Å². The van der Waals surface area contributed by atoms with Crippen LogP contribution in [0.1, 0.15) is 24.2 Å². The summed E-state index contributed by atoms with van der Waals surface area (Å²) in [7, 11) is 4.26. The predicted molar refractivity (Wildman–Crippen MR) is 97.2 cm³/mol. The number of piperidine rings is 1. The maximum Gasteiger partial charge on any atom is 0.150 e. The zero-order valence-corrected chi connectivity index (χ0v) is 14.7. The van der Waals surface area contributed by atoms with Crippen LogP contribution in [0.3, 0.4) is 0 Å². The van der Waals surface area contributed by atoms with E-state index >= 15 is 0 Å². The molecule has 0 bridgehead atoms. The lowest BCUT2D eigenvalue weighted by atomic mass is 9.94. The van der Waals surface area contributed by atoms with Gasteiger partial charge >= 0.3 is 0 Å². The molecule has 1 aliphatic rings. The van der Waals surface area contributed by atoms with Crippen LogP contribution in [0, 0.1) is 5.92 Å². The summed E-state index contributed by atoms with van der Waals surface area (Å²) in [5.74, 6) is 1.64. The summed E-state index contributed by atoms with van der Waals surface area (Å²) in [5.41, 5.74) is 2.22. The highest BCUT2D eigenvalue weighted by atomic mass is 15.2. The molecule has 1 aliphatic heterocycles. The van der Waals surface area contributed by atoms with Gasteiger partial charge in [-0.15, -0.1) is 5.10 Å². The molecule has 1 saturated heterocycles. The van der Waals surface area contributed by atoms with Gasteiger partial charge in [0, 0.05) is 38.4 Å². The molecule has 0 unspecified atom stereocenters. The van der Waals surface area contributed by atoms with Gasteiger partial charge in [0.25, 0.3) is 0 Å². The first kappa shape index (κ1) is 16.8. The molecule has 24 heavy (non-hydrogen) atoms. The summed E-state index contributed by atoms with van der Waals surface area (Å²) in [6, 6.07) is 10.3. The molecule has 0 aliphatic carbocycles. The molecule has 0 aromatic carbocycles. The zero-order chi connectivity index (χ0) is 16.8. The Morgan fingerprint density at radius 1 is 1.17 bits per heavy atom. The van der Waals surface area contributed by atoms with Crippen LogP contribution in [0.25, 0.3) is 0 Å². The molecule has 5 heteroatoms. The molecular weight excluding hydrogens is 298 g/mol. The van der Waals surface area contributed by atoms with Gasteiger partial charge in [-0.1, -0.05) is 6.07 Å². The molecule has 128 valence electrons. The lowest BCUT2D eigenvalue weighted by Crippen LogP contribution is -2.33. The summed E-state index contributed by atoms with van der Waals surface area (Å²) < 4.78 is 0. The van der Waals surface area contributed by atoms with Crippen LogP contribution in [0.15, 0.2) is 36.5 Å². The average Bonchev–Trinajstić information content (AvgIpc) is 2.61. The predicted octanol–water partition coefficient (Wildman–Crippen LogP) is 2.43. The van der Waals surface area contributed by atoms with Crippen LogP contribution < -0.4 is 4.90 Å². The van der Waals surface area contributed by atoms with Gasteiger partial charge in [-0.05, 0) is 63.0 Å². The van der Waals surface area contributed by atoms with Gasteiger partial charge in [-0.25, -0.2) is 0 Å². The van der Waals surface area contributed by atoms with Crippen molar-refractivity contribution in [2.24, 2.45) is 5.92 Å². The SMILES string of the molecule is CN1CCC[C@@H](Cc2ccc(N(C)CCc3ccccn3)nn2)C1. The number of aromatic nitrogens is 3. The van der Waals surface area contributed by atoms with E-state index in [9.17, 15) is 0 Å². The monoisotopic (exact) mass is 325 g/mol. The van der Waals surface area contributed by atoms with Crippen LogP contribution in [-0.2, 0) is 12.8 Å². The number of likely N-dealkylation sites (N-methyl/N-ethyl adjacent to an activating group) is 1. The third-order valence-corrected chi connectivity index (χ3v) is 4.75. The zero-order valence-electron chi connectivity index (χ0n) is 14.7. The van der Waals surface area contributed by atoms with Crippen molar-refractivity contribution in [2.45, 2.75) is 25.7 Å². The second-order valence-corrected chi connectivity index (χ2v) is 6.85. The Bertz CT molecular complexity index is 613. The van der Waals surface area contributed by atoms with Crippen molar-refractivity contribution in [3.05, 3.63) is 47.9 Å². The molecule has 0 radical (unpaired) electrons. The lowest BCUT2D eigenvalue weighted by Gasteiger charge is -2.29. The Kier molecular flexibility index (Phi) is 5.75. The summed E-state index contributed by atoms with van der Waals surface area (Å²) >= 11 is 0. The van der Waals surface area contributed by atoms with E-state index in [0.29, 0.717) is 5.92 Å². The van der Waals surface area contributed by atoms with Crippen molar-refractivity contribution in [1.29, 1.82) is 0 Å². The van der Waals surface area contributed by atoms with Gasteiger partial charge in [-0.3, -0.25) is 4.98 Å². The van der Waals surface area contributed by atoms with Gasteiger partial charge in [0.05, 0.1) is 5.69 Å². The van der Waals surface area contributed by atoms with E-state index in [1.807, 2.05) is 18.3 Å². The number of nitrogens with zero attached hydrogens (tertiary/aromatic N) is 5. The van der Waals surface area contributed by atoms with Crippen molar-refractivity contribution < 1.29 is 0 Å². The van der Waals surface area contributed by atoms with E-state index in [-0.39, 0.29) is 0 Å². The van der Waals surface area contributed by atoms with Crippen molar-refractivity contribution in [2.75, 3.05) is 38.6 Å². The van der Waals surface area contributed by atoms with Crippen molar-refractivity contribution in [3.63, 3.8) is 0 Å². The van der Waals surface area contributed by atoms with Crippen molar-refractivity contribution >= 4 is 5.82 Å². The van der Waals surface area contributed by atoms with Crippen LogP contribution in [-0.4, -0.2) is 53.8 Å². The molecule has 3 rings (SSSR count). The van der Waals surface area contributed by atoms with Crippen LogP contribution in [0.5, 0.6) is 0 Å². The van der Waals surface area contributed by atoms with Gasteiger partial charge in [0.2, 0.25) is 0 Å². The minimum atomic E-state index is 0.714. The quantitative estimate of drug-likeness (QED) is 0.816. The Morgan fingerprint density at radius 3 is 2.79 bits per heavy atom. The average molecular weight is 325 g/mol. The second kappa shape index (κ2) is 8.20. The smallest absolute Gasteiger partial charge is 0.150 e. The van der Waals surface area contributed by atoms with Gasteiger partial charge in [0.15, 0.2) is 5.82 Å². The molecular formula is C19H27N5. The van der Waals surface area contributed by atoms with E-state index < -0.39 is 0 Å². The lowest BCUT2D eigenvalue weighted by molar-refractivity contribution is 0.208. The standard InChI is InChI=1S/C19H27N5/c1-23-12-5-6-16(15-23)14-18-8-9-19(22-21-18)24(2)13-10-17-7-3-4-11-20-17/h3-4,7-9,11,16H,5-6,10,12-15H2,1-2H3/t16-/m0/s1. The molecule has 2 aromatic rings. The van der Waals surface area contributed by atoms with E-state index in [1.165, 1.54) is 25.9 Å². The third kappa shape index (κ3) is 4.74. The largest absolute Gasteiger partial charge is 0.358 e. The Balaban J connectivity index is 1.51. The van der Waals surface area contributed by atoms with Crippen LogP contribution >= 0.6 is 0 Å². The molecule has 3 heterocycles. The molecule has 1 atom stereocenters. The Labute approximate surface area is 144 Å². The second-order valence-electron chi connectivity index (χ2n) is 6.85. The van der Waals surface area contributed by atoms with Crippen LogP contribution in [0.4, 0.5) is 5.82 Å². The van der Waals surface area contributed by atoms with Gasteiger partial charge in [-0.2, -0.15) is 5.10 Å². The number of hydrogen-bond donors (Lipinski definition) is 0.